The van der Waals surface area contributed by atoms with E-state index in [0.717, 1.165) is 5.56 Å². The van der Waals surface area contributed by atoms with Crippen molar-refractivity contribution in [3.8, 4) is 0 Å². The van der Waals surface area contributed by atoms with E-state index in [9.17, 15) is 23.4 Å². The first-order valence-electron chi connectivity index (χ1n) is 9.34. The van der Waals surface area contributed by atoms with Gasteiger partial charge in [0.15, 0.2) is 0 Å². The van der Waals surface area contributed by atoms with Gasteiger partial charge in [-0.15, -0.1) is 0 Å². The smallest absolute Gasteiger partial charge is 0.374 e. The van der Waals surface area contributed by atoms with Crippen LogP contribution in [0.15, 0.2) is 30.3 Å². The third kappa shape index (κ3) is 4.70. The van der Waals surface area contributed by atoms with Crippen molar-refractivity contribution in [2.75, 3.05) is 13.1 Å². The van der Waals surface area contributed by atoms with E-state index in [0.29, 0.717) is 25.1 Å². The Morgan fingerprint density at radius 2 is 1.93 bits per heavy atom. The Bertz CT molecular complexity index is 846. The second-order valence-electron chi connectivity index (χ2n) is 7.22. The first-order chi connectivity index (χ1) is 13.8. The average Bonchev–Trinajstić information content (AvgIpc) is 3.12. The zero-order valence-electron chi connectivity index (χ0n) is 15.9. The number of hydrogen-bond donors (Lipinski definition) is 2. The number of Topliss-reactive ketones (excluding diaryl/α,β-unsaturated/α-hetero) is 1. The fourth-order valence-corrected chi connectivity index (χ4v) is 5.01. The lowest BCUT2D eigenvalue weighted by molar-refractivity contribution is -0.150. The topological polar surface area (TPSA) is 124 Å². The van der Waals surface area contributed by atoms with Crippen molar-refractivity contribution in [3.63, 3.8) is 0 Å². The lowest BCUT2D eigenvalue weighted by atomic mass is 10.1. The van der Waals surface area contributed by atoms with E-state index >= 15 is 0 Å². The number of carboxylic acid groups (broad SMARTS) is 1. The van der Waals surface area contributed by atoms with Crippen molar-refractivity contribution in [2.24, 2.45) is 0 Å². The molecule has 0 radical (unpaired) electrons. The highest BCUT2D eigenvalue weighted by Gasteiger charge is 2.46. The maximum Gasteiger partial charge on any atom is 0.374 e. The molecular weight excluding hydrogens is 398 g/mol. The second-order valence-corrected chi connectivity index (χ2v) is 8.67. The van der Waals surface area contributed by atoms with Crippen LogP contribution in [0.5, 0.6) is 0 Å². The lowest BCUT2D eigenvalue weighted by Gasteiger charge is -2.38. The number of aliphatic carboxylic acids is 1. The van der Waals surface area contributed by atoms with Crippen LogP contribution >= 0.6 is 0 Å². The summed E-state index contributed by atoms with van der Waals surface area (Å²) in [6.45, 7) is 1.65. The molecule has 0 bridgehead atoms. The Morgan fingerprint density at radius 1 is 1.24 bits per heavy atom. The van der Waals surface area contributed by atoms with Crippen LogP contribution in [0.4, 0.5) is 0 Å². The minimum Gasteiger partial charge on any atom is -0.475 e. The van der Waals surface area contributed by atoms with E-state index < -0.39 is 40.7 Å². The number of amides is 2. The molecule has 29 heavy (non-hydrogen) atoms. The minimum atomic E-state index is -1.62. The van der Waals surface area contributed by atoms with Crippen LogP contribution in [-0.2, 0) is 35.9 Å². The van der Waals surface area contributed by atoms with Crippen molar-refractivity contribution >= 4 is 34.6 Å². The fourth-order valence-electron chi connectivity index (χ4n) is 3.75. The predicted molar refractivity (Wildman–Crippen MR) is 104 cm³/mol. The molecule has 2 N–H and O–H groups in total. The van der Waals surface area contributed by atoms with Gasteiger partial charge in [-0.25, -0.2) is 13.3 Å². The summed E-state index contributed by atoms with van der Waals surface area (Å²) in [7, 11) is -1.35. The van der Waals surface area contributed by atoms with Crippen molar-refractivity contribution in [3.05, 3.63) is 35.9 Å². The maximum atomic E-state index is 12.7. The molecular formula is C19H23N3O6S. The van der Waals surface area contributed by atoms with Gasteiger partial charge < -0.3 is 15.3 Å². The number of piperazine rings is 1. The molecule has 2 amide bonds. The maximum absolute atomic E-state index is 12.7. The number of hydrogen-bond acceptors (Lipinski definition) is 5. The van der Waals surface area contributed by atoms with E-state index in [1.54, 1.807) is 4.31 Å². The van der Waals surface area contributed by atoms with Gasteiger partial charge in [0.05, 0.1) is 29.3 Å². The van der Waals surface area contributed by atoms with Gasteiger partial charge in [-0.05, 0) is 25.3 Å². The number of carbonyl (C=O) groups excluding carboxylic acids is 3. The number of carbonyl (C=O) groups is 4. The van der Waals surface area contributed by atoms with Gasteiger partial charge in [0, 0.05) is 12.6 Å². The van der Waals surface area contributed by atoms with Gasteiger partial charge in [0.25, 0.3) is 5.78 Å². The molecule has 2 heterocycles. The van der Waals surface area contributed by atoms with Crippen molar-refractivity contribution in [1.29, 1.82) is 0 Å². The van der Waals surface area contributed by atoms with Gasteiger partial charge in [0.2, 0.25) is 11.8 Å². The molecule has 10 heteroatoms. The molecule has 2 saturated heterocycles. The summed E-state index contributed by atoms with van der Waals surface area (Å²) in [5, 5.41) is 11.1. The quantitative estimate of drug-likeness (QED) is 0.582. The summed E-state index contributed by atoms with van der Waals surface area (Å²) in [5.74, 6) is -3.24. The number of ketones is 1. The molecule has 156 valence electrons. The minimum absolute atomic E-state index is 0.0522. The summed E-state index contributed by atoms with van der Waals surface area (Å²) in [6.07, 6.45) is 0.986. The molecule has 1 aromatic carbocycles. The molecule has 0 aromatic heterocycles. The van der Waals surface area contributed by atoms with E-state index in [-0.39, 0.29) is 18.5 Å². The molecule has 2 aliphatic rings. The molecule has 2 aliphatic heterocycles. The zero-order chi connectivity index (χ0) is 21.1. The molecule has 2 fully saturated rings. The Morgan fingerprint density at radius 3 is 2.59 bits per heavy atom. The normalized spacial score (nSPS) is 23.9. The van der Waals surface area contributed by atoms with Gasteiger partial charge in [-0.3, -0.25) is 14.4 Å². The van der Waals surface area contributed by atoms with Gasteiger partial charge in [-0.2, -0.15) is 0 Å². The lowest BCUT2D eigenvalue weighted by Crippen LogP contribution is -2.59. The van der Waals surface area contributed by atoms with Crippen LogP contribution in [0.2, 0.25) is 0 Å². The molecule has 3 rings (SSSR count). The van der Waals surface area contributed by atoms with Crippen LogP contribution in [0.1, 0.15) is 25.3 Å². The molecule has 1 aromatic rings. The van der Waals surface area contributed by atoms with Gasteiger partial charge in [-0.1, -0.05) is 30.3 Å². The SMILES string of the molecule is CC(NC(=O)C1CCC2CN(S(=O)Cc3ccccc3)CC(=O)N21)C(=O)C(=O)O. The van der Waals surface area contributed by atoms with Crippen molar-refractivity contribution < 1.29 is 28.5 Å². The molecule has 4 atom stereocenters. The zero-order valence-corrected chi connectivity index (χ0v) is 16.8. The molecule has 0 aliphatic carbocycles. The highest BCUT2D eigenvalue weighted by atomic mass is 32.2. The van der Waals surface area contributed by atoms with Crippen LogP contribution in [0.3, 0.4) is 0 Å². The van der Waals surface area contributed by atoms with Gasteiger partial charge >= 0.3 is 5.97 Å². The Kier molecular flexibility index (Phi) is 6.43. The Labute approximate surface area is 170 Å². The summed E-state index contributed by atoms with van der Waals surface area (Å²) < 4.78 is 14.3. The molecule has 0 saturated carbocycles. The van der Waals surface area contributed by atoms with Crippen molar-refractivity contribution in [2.45, 2.75) is 43.6 Å². The standard InChI is InChI=1S/C19H23N3O6S/c1-12(17(24)19(26)27)20-18(25)15-8-7-14-9-21(10-16(23)22(14)15)29(28)11-13-5-3-2-4-6-13/h2-6,12,14-15H,7-11H2,1H3,(H,20,25)(H,26,27). The largest absolute Gasteiger partial charge is 0.475 e. The summed E-state index contributed by atoms with van der Waals surface area (Å²) in [6, 6.07) is 7.21. The third-order valence-corrected chi connectivity index (χ3v) is 6.64. The highest BCUT2D eigenvalue weighted by Crippen LogP contribution is 2.29. The fraction of sp³-hybridized carbons (Fsp3) is 0.474. The Hall–Kier alpha value is -2.59. The van der Waals surface area contributed by atoms with E-state index in [4.69, 9.17) is 5.11 Å². The first kappa shape index (κ1) is 21.1. The van der Waals surface area contributed by atoms with E-state index in [1.807, 2.05) is 30.3 Å². The number of carboxylic acids is 1. The first-order valence-corrected chi connectivity index (χ1v) is 10.6. The van der Waals surface area contributed by atoms with E-state index in [1.165, 1.54) is 11.8 Å². The second kappa shape index (κ2) is 8.83. The van der Waals surface area contributed by atoms with Gasteiger partial charge in [0.1, 0.15) is 6.04 Å². The van der Waals surface area contributed by atoms with E-state index in [2.05, 4.69) is 5.32 Å². The van der Waals surface area contributed by atoms with Crippen LogP contribution in [-0.4, -0.2) is 73.3 Å². The predicted octanol–water partition coefficient (Wildman–Crippen LogP) is -0.316. The summed E-state index contributed by atoms with van der Waals surface area (Å²) >= 11 is 0. The monoisotopic (exact) mass is 421 g/mol. The van der Waals surface area contributed by atoms with Crippen LogP contribution in [0.25, 0.3) is 0 Å². The number of nitrogens with one attached hydrogen (secondary N) is 1. The molecule has 0 spiro atoms. The average molecular weight is 421 g/mol. The number of benzene rings is 1. The summed E-state index contributed by atoms with van der Waals surface area (Å²) in [4.78, 5) is 48.9. The molecule has 4 unspecified atom stereocenters. The van der Waals surface area contributed by atoms with Crippen molar-refractivity contribution in [1.82, 2.24) is 14.5 Å². The van der Waals surface area contributed by atoms with Crippen LogP contribution in [0, 0.1) is 0 Å². The Balaban J connectivity index is 1.61. The number of fused-ring (bicyclic) bond motifs is 1. The van der Waals surface area contributed by atoms with Crippen LogP contribution < -0.4 is 5.32 Å². The third-order valence-electron chi connectivity index (χ3n) is 5.20. The number of nitrogens with zero attached hydrogens (tertiary/aromatic N) is 2. The number of rotatable bonds is 7. The highest BCUT2D eigenvalue weighted by molar-refractivity contribution is 7.81. The summed E-state index contributed by atoms with van der Waals surface area (Å²) in [5.41, 5.74) is 0.918. The molecule has 9 nitrogen and oxygen atoms in total.